The lowest BCUT2D eigenvalue weighted by Crippen LogP contribution is -1.89. The van der Waals surface area contributed by atoms with E-state index in [4.69, 9.17) is 9.15 Å². The number of aromatic hydroxyl groups is 1. The number of hydrogen-bond donors (Lipinski definition) is 1. The first kappa shape index (κ1) is 18.7. The molecule has 0 spiro atoms. The van der Waals surface area contributed by atoms with Crippen molar-refractivity contribution in [2.24, 2.45) is 4.99 Å². The lowest BCUT2D eigenvalue weighted by atomic mass is 10.2. The molecular weight excluding hydrogens is 488 g/mol. The third kappa shape index (κ3) is 3.81. The van der Waals surface area contributed by atoms with Crippen LogP contribution in [0.1, 0.15) is 5.56 Å². The number of hydrogen-bond acceptors (Lipinski definition) is 5. The van der Waals surface area contributed by atoms with Gasteiger partial charge in [0.15, 0.2) is 17.1 Å². The first-order valence-electron chi connectivity index (χ1n) is 8.30. The molecule has 1 aromatic heterocycles. The zero-order chi connectivity index (χ0) is 19.7. The fourth-order valence-electron chi connectivity index (χ4n) is 2.73. The number of fused-ring (bicyclic) bond motifs is 1. The number of nitrogens with zero attached hydrogens (tertiary/aromatic N) is 2. The van der Waals surface area contributed by atoms with Gasteiger partial charge in [0.1, 0.15) is 5.52 Å². The lowest BCUT2D eigenvalue weighted by molar-refractivity contribution is 0.373. The zero-order valence-electron chi connectivity index (χ0n) is 14.7. The summed E-state index contributed by atoms with van der Waals surface area (Å²) in [5, 5.41) is 10.2. The van der Waals surface area contributed by atoms with Crippen molar-refractivity contribution in [3.8, 4) is 23.0 Å². The van der Waals surface area contributed by atoms with Crippen LogP contribution in [0, 0.1) is 0 Å². The van der Waals surface area contributed by atoms with E-state index < -0.39 is 0 Å². The van der Waals surface area contributed by atoms with Crippen LogP contribution in [0.25, 0.3) is 22.6 Å². The summed E-state index contributed by atoms with van der Waals surface area (Å²) < 4.78 is 12.8. The molecule has 0 unspecified atom stereocenters. The summed E-state index contributed by atoms with van der Waals surface area (Å²) >= 11 is 6.86. The number of ether oxygens (including phenoxy) is 1. The van der Waals surface area contributed by atoms with Crippen molar-refractivity contribution in [1.29, 1.82) is 0 Å². The molecule has 0 aliphatic heterocycles. The Hall–Kier alpha value is -2.64. The predicted molar refractivity (Wildman–Crippen MR) is 117 cm³/mol. The van der Waals surface area contributed by atoms with E-state index in [-0.39, 0.29) is 5.75 Å². The van der Waals surface area contributed by atoms with Gasteiger partial charge in [-0.25, -0.2) is 4.98 Å². The average molecular weight is 502 g/mol. The summed E-state index contributed by atoms with van der Waals surface area (Å²) in [6.07, 6.45) is 1.58. The van der Waals surface area contributed by atoms with E-state index in [1.165, 1.54) is 7.11 Å². The van der Waals surface area contributed by atoms with Crippen LogP contribution in [0.2, 0.25) is 0 Å². The number of rotatable bonds is 4. The smallest absolute Gasteiger partial charge is 0.227 e. The molecule has 4 aromatic rings. The van der Waals surface area contributed by atoms with E-state index in [1.807, 2.05) is 42.5 Å². The molecule has 140 valence electrons. The Morgan fingerprint density at radius 2 is 1.93 bits per heavy atom. The number of methoxy groups -OCH3 is 1. The average Bonchev–Trinajstić information content (AvgIpc) is 3.11. The molecule has 1 heterocycles. The Morgan fingerprint density at radius 1 is 1.07 bits per heavy atom. The summed E-state index contributed by atoms with van der Waals surface area (Å²) in [5.41, 5.74) is 3.52. The van der Waals surface area contributed by atoms with E-state index in [1.54, 1.807) is 18.3 Å². The SMILES string of the molecule is COc1cc(Br)cc(C=Nc2ccc3oc(-c4cccc(Br)c4)nc3c2)c1O. The van der Waals surface area contributed by atoms with Crippen molar-refractivity contribution in [2.75, 3.05) is 7.11 Å². The maximum absolute atomic E-state index is 10.2. The monoisotopic (exact) mass is 500 g/mol. The highest BCUT2D eigenvalue weighted by molar-refractivity contribution is 9.10. The second-order valence-electron chi connectivity index (χ2n) is 5.99. The van der Waals surface area contributed by atoms with Crippen molar-refractivity contribution in [3.05, 3.63) is 69.1 Å². The number of benzene rings is 3. The summed E-state index contributed by atoms with van der Waals surface area (Å²) in [6, 6.07) is 16.7. The zero-order valence-corrected chi connectivity index (χ0v) is 17.9. The van der Waals surface area contributed by atoms with E-state index in [0.717, 1.165) is 14.5 Å². The standard InChI is InChI=1S/C21H14Br2N2O3/c1-27-19-9-15(23)8-13(20(19)26)11-24-16-5-6-18-17(10-16)25-21(28-18)12-3-2-4-14(22)7-12/h2-11,26H,1H3. The van der Waals surface area contributed by atoms with Gasteiger partial charge in [-0.1, -0.05) is 37.9 Å². The van der Waals surface area contributed by atoms with E-state index >= 15 is 0 Å². The topological polar surface area (TPSA) is 67.9 Å². The van der Waals surface area contributed by atoms with Gasteiger partial charge < -0.3 is 14.3 Å². The maximum atomic E-state index is 10.2. The van der Waals surface area contributed by atoms with Gasteiger partial charge in [0, 0.05) is 26.3 Å². The quantitative estimate of drug-likeness (QED) is 0.325. The van der Waals surface area contributed by atoms with Crippen LogP contribution < -0.4 is 4.74 Å². The second kappa shape index (κ2) is 7.77. The Bertz CT molecular complexity index is 1200. The van der Waals surface area contributed by atoms with Crippen LogP contribution in [0.5, 0.6) is 11.5 Å². The minimum Gasteiger partial charge on any atom is -0.504 e. The normalized spacial score (nSPS) is 11.4. The summed E-state index contributed by atoms with van der Waals surface area (Å²) in [4.78, 5) is 9.01. The van der Waals surface area contributed by atoms with Crippen LogP contribution in [0.15, 0.2) is 73.0 Å². The number of aliphatic imine (C=N–C) groups is 1. The third-order valence-corrected chi connectivity index (χ3v) is 5.04. The van der Waals surface area contributed by atoms with E-state index in [0.29, 0.717) is 34.0 Å². The molecular formula is C21H14Br2N2O3. The molecule has 7 heteroatoms. The molecule has 0 atom stereocenters. The number of aromatic nitrogens is 1. The van der Waals surface area contributed by atoms with Crippen LogP contribution in [-0.4, -0.2) is 23.4 Å². The van der Waals surface area contributed by atoms with Crippen LogP contribution in [0.4, 0.5) is 5.69 Å². The fraction of sp³-hybridized carbons (Fsp3) is 0.0476. The van der Waals surface area contributed by atoms with Crippen molar-refractivity contribution >= 4 is 54.9 Å². The molecule has 0 amide bonds. The molecule has 0 fully saturated rings. The minimum absolute atomic E-state index is 0.0360. The third-order valence-electron chi connectivity index (χ3n) is 4.08. The van der Waals surface area contributed by atoms with Gasteiger partial charge in [-0.05, 0) is 48.5 Å². The second-order valence-corrected chi connectivity index (χ2v) is 7.82. The fourth-order valence-corrected chi connectivity index (χ4v) is 3.59. The molecule has 1 N–H and O–H groups in total. The molecule has 0 saturated heterocycles. The van der Waals surface area contributed by atoms with Gasteiger partial charge >= 0.3 is 0 Å². The van der Waals surface area contributed by atoms with Gasteiger partial charge in [0.25, 0.3) is 0 Å². The van der Waals surface area contributed by atoms with Gasteiger partial charge in [-0.3, -0.25) is 4.99 Å². The molecule has 4 rings (SSSR count). The Morgan fingerprint density at radius 3 is 2.71 bits per heavy atom. The molecule has 28 heavy (non-hydrogen) atoms. The maximum Gasteiger partial charge on any atom is 0.227 e. The Balaban J connectivity index is 1.67. The largest absolute Gasteiger partial charge is 0.504 e. The van der Waals surface area contributed by atoms with E-state index in [2.05, 4.69) is 41.8 Å². The van der Waals surface area contributed by atoms with Crippen LogP contribution >= 0.6 is 31.9 Å². The van der Waals surface area contributed by atoms with Gasteiger partial charge in [-0.2, -0.15) is 0 Å². The van der Waals surface area contributed by atoms with Crippen LogP contribution in [-0.2, 0) is 0 Å². The molecule has 3 aromatic carbocycles. The van der Waals surface area contributed by atoms with Crippen molar-refractivity contribution in [1.82, 2.24) is 4.98 Å². The minimum atomic E-state index is 0.0360. The predicted octanol–water partition coefficient (Wildman–Crippen LogP) is 6.48. The van der Waals surface area contributed by atoms with Gasteiger partial charge in [-0.15, -0.1) is 0 Å². The summed E-state index contributed by atoms with van der Waals surface area (Å²) in [5.74, 6) is 0.960. The lowest BCUT2D eigenvalue weighted by Gasteiger charge is -2.06. The Kier molecular flexibility index (Phi) is 5.19. The van der Waals surface area contributed by atoms with Crippen molar-refractivity contribution in [3.63, 3.8) is 0 Å². The first-order chi connectivity index (χ1) is 13.5. The molecule has 0 aliphatic rings. The highest BCUT2D eigenvalue weighted by Gasteiger charge is 2.10. The molecule has 0 saturated carbocycles. The first-order valence-corrected chi connectivity index (χ1v) is 9.89. The van der Waals surface area contributed by atoms with Gasteiger partial charge in [0.05, 0.1) is 12.8 Å². The summed E-state index contributed by atoms with van der Waals surface area (Å²) in [6.45, 7) is 0. The summed E-state index contributed by atoms with van der Waals surface area (Å²) in [7, 11) is 1.50. The van der Waals surface area contributed by atoms with Crippen LogP contribution in [0.3, 0.4) is 0 Å². The molecule has 5 nitrogen and oxygen atoms in total. The number of phenolic OH excluding ortho intramolecular Hbond substituents is 1. The van der Waals surface area contributed by atoms with E-state index in [9.17, 15) is 5.11 Å². The molecule has 0 bridgehead atoms. The molecule has 0 radical (unpaired) electrons. The Labute approximate surface area is 178 Å². The highest BCUT2D eigenvalue weighted by Crippen LogP contribution is 2.33. The number of halogens is 2. The van der Waals surface area contributed by atoms with Crippen molar-refractivity contribution in [2.45, 2.75) is 0 Å². The van der Waals surface area contributed by atoms with Gasteiger partial charge in [0.2, 0.25) is 5.89 Å². The number of phenols is 1. The van der Waals surface area contributed by atoms with Crippen molar-refractivity contribution < 1.29 is 14.3 Å². The molecule has 0 aliphatic carbocycles. The number of oxazole rings is 1. The highest BCUT2D eigenvalue weighted by atomic mass is 79.9.